The van der Waals surface area contributed by atoms with Crippen molar-refractivity contribution in [1.29, 1.82) is 0 Å². The summed E-state index contributed by atoms with van der Waals surface area (Å²) in [6.45, 7) is 9.35. The molecule has 0 aliphatic rings. The van der Waals surface area contributed by atoms with Crippen LogP contribution in [0.2, 0.25) is 0 Å². The lowest BCUT2D eigenvalue weighted by Crippen LogP contribution is -2.17. The van der Waals surface area contributed by atoms with E-state index in [0.717, 1.165) is 23.6 Å². The molecule has 5 heteroatoms. The Morgan fingerprint density at radius 3 is 2.43 bits per heavy atom. The van der Waals surface area contributed by atoms with E-state index in [-0.39, 0.29) is 0 Å². The molecule has 4 rings (SSSR count). The number of nitrogens with zero attached hydrogens (tertiary/aromatic N) is 4. The third-order valence-electron chi connectivity index (χ3n) is 5.20. The van der Waals surface area contributed by atoms with Gasteiger partial charge in [-0.05, 0) is 69.2 Å². The summed E-state index contributed by atoms with van der Waals surface area (Å²) >= 11 is 0. The zero-order chi connectivity index (χ0) is 19.7. The highest BCUT2D eigenvalue weighted by Gasteiger charge is 2.15. The average molecular weight is 371 g/mol. The van der Waals surface area contributed by atoms with Crippen LogP contribution in [0, 0.1) is 20.8 Å². The quantitative estimate of drug-likeness (QED) is 0.515. The van der Waals surface area contributed by atoms with Gasteiger partial charge in [-0.2, -0.15) is 5.10 Å². The summed E-state index contributed by atoms with van der Waals surface area (Å²) < 4.78 is 2.01. The minimum atomic E-state index is 0.887. The molecule has 1 N–H and O–H groups in total. The van der Waals surface area contributed by atoms with Crippen molar-refractivity contribution in [3.63, 3.8) is 0 Å². The monoisotopic (exact) mass is 371 g/mol. The first-order valence-electron chi connectivity index (χ1n) is 9.57. The Morgan fingerprint density at radius 1 is 1.04 bits per heavy atom. The van der Waals surface area contributed by atoms with Crippen molar-refractivity contribution in [2.24, 2.45) is 0 Å². The summed E-state index contributed by atoms with van der Waals surface area (Å²) in [5.74, 6) is 0. The van der Waals surface area contributed by atoms with Crippen LogP contribution in [-0.4, -0.2) is 26.3 Å². The lowest BCUT2D eigenvalue weighted by Gasteiger charge is -2.26. The predicted octanol–water partition coefficient (Wildman–Crippen LogP) is 5.35. The van der Waals surface area contributed by atoms with E-state index in [1.165, 1.54) is 28.1 Å². The molecule has 2 heterocycles. The first kappa shape index (κ1) is 18.0. The van der Waals surface area contributed by atoms with Gasteiger partial charge in [-0.15, -0.1) is 0 Å². The predicted molar refractivity (Wildman–Crippen MR) is 114 cm³/mol. The van der Waals surface area contributed by atoms with Crippen LogP contribution in [0.4, 0.5) is 11.4 Å². The lowest BCUT2D eigenvalue weighted by molar-refractivity contribution is 1.01. The largest absolute Gasteiger partial charge is 0.342 e. The molecule has 0 aliphatic carbocycles. The second-order valence-corrected chi connectivity index (χ2v) is 7.04. The number of hydrogen-bond acceptors (Lipinski definition) is 3. The Kier molecular flexibility index (Phi) is 4.74. The van der Waals surface area contributed by atoms with Crippen molar-refractivity contribution in [3.05, 3.63) is 78.1 Å². The SMILES string of the molecule is CCN(c1ccc(-n2ccnc2)cc1)c1cc(-c2c(C)n[nH]c2C)ccc1C. The second kappa shape index (κ2) is 7.35. The van der Waals surface area contributed by atoms with Crippen LogP contribution in [-0.2, 0) is 0 Å². The van der Waals surface area contributed by atoms with Crippen LogP contribution in [0.15, 0.2) is 61.2 Å². The van der Waals surface area contributed by atoms with Crippen LogP contribution in [0.25, 0.3) is 16.8 Å². The Hall–Kier alpha value is -3.34. The number of imidazole rings is 1. The number of benzene rings is 2. The van der Waals surface area contributed by atoms with Gasteiger partial charge in [-0.3, -0.25) is 5.10 Å². The van der Waals surface area contributed by atoms with Crippen molar-refractivity contribution in [2.45, 2.75) is 27.7 Å². The summed E-state index contributed by atoms with van der Waals surface area (Å²) in [4.78, 5) is 6.47. The zero-order valence-corrected chi connectivity index (χ0v) is 16.8. The van der Waals surface area contributed by atoms with E-state index in [1.807, 2.05) is 24.0 Å². The van der Waals surface area contributed by atoms with E-state index in [1.54, 1.807) is 6.20 Å². The molecule has 0 saturated heterocycles. The van der Waals surface area contributed by atoms with Gasteiger partial charge in [0.1, 0.15) is 0 Å². The van der Waals surface area contributed by atoms with E-state index in [2.05, 4.69) is 83.3 Å². The van der Waals surface area contributed by atoms with E-state index in [4.69, 9.17) is 0 Å². The standard InChI is InChI=1S/C23H25N5/c1-5-28(21-10-8-20(9-11-21)27-13-12-24-15-27)22-14-19(7-6-16(22)2)23-17(3)25-26-18(23)4/h6-15H,5H2,1-4H3,(H,25,26). The topological polar surface area (TPSA) is 49.7 Å². The fraction of sp³-hybridized carbons (Fsp3) is 0.217. The smallest absolute Gasteiger partial charge is 0.0991 e. The number of nitrogens with one attached hydrogen (secondary N) is 1. The highest BCUT2D eigenvalue weighted by atomic mass is 15.1. The molecule has 0 fully saturated rings. The van der Waals surface area contributed by atoms with Gasteiger partial charge in [-0.1, -0.05) is 12.1 Å². The summed E-state index contributed by atoms with van der Waals surface area (Å²) in [5, 5.41) is 7.45. The van der Waals surface area contributed by atoms with Crippen molar-refractivity contribution in [2.75, 3.05) is 11.4 Å². The fourth-order valence-corrected chi connectivity index (χ4v) is 3.74. The van der Waals surface area contributed by atoms with Crippen molar-refractivity contribution < 1.29 is 0 Å². The fourth-order valence-electron chi connectivity index (χ4n) is 3.74. The van der Waals surface area contributed by atoms with Gasteiger partial charge in [0.05, 0.1) is 12.0 Å². The van der Waals surface area contributed by atoms with Gasteiger partial charge >= 0.3 is 0 Å². The van der Waals surface area contributed by atoms with Crippen LogP contribution < -0.4 is 4.90 Å². The van der Waals surface area contributed by atoms with Crippen molar-refractivity contribution >= 4 is 11.4 Å². The number of aryl methyl sites for hydroxylation is 3. The molecule has 2 aromatic carbocycles. The normalized spacial score (nSPS) is 11.0. The third-order valence-corrected chi connectivity index (χ3v) is 5.20. The first-order valence-corrected chi connectivity index (χ1v) is 9.57. The lowest BCUT2D eigenvalue weighted by atomic mass is 10.0. The summed E-state index contributed by atoms with van der Waals surface area (Å²) in [6.07, 6.45) is 5.56. The molecule has 0 saturated carbocycles. The highest BCUT2D eigenvalue weighted by molar-refractivity contribution is 5.76. The number of anilines is 2. The molecule has 0 spiro atoms. The number of aromatic nitrogens is 4. The molecular weight excluding hydrogens is 346 g/mol. The molecule has 0 aliphatic heterocycles. The summed E-state index contributed by atoms with van der Waals surface area (Å²) in [5.41, 5.74) is 9.25. The molecule has 142 valence electrons. The summed E-state index contributed by atoms with van der Waals surface area (Å²) in [7, 11) is 0. The average Bonchev–Trinajstić information content (AvgIpc) is 3.35. The van der Waals surface area contributed by atoms with Gasteiger partial charge in [0.2, 0.25) is 0 Å². The van der Waals surface area contributed by atoms with Crippen LogP contribution in [0.1, 0.15) is 23.9 Å². The number of aromatic amines is 1. The Bertz CT molecular complexity index is 1060. The molecule has 0 radical (unpaired) electrons. The van der Waals surface area contributed by atoms with Gasteiger partial charge < -0.3 is 9.47 Å². The molecular formula is C23H25N5. The molecule has 0 atom stereocenters. The number of H-pyrrole nitrogens is 1. The van der Waals surface area contributed by atoms with Gasteiger partial charge in [-0.25, -0.2) is 4.98 Å². The van der Waals surface area contributed by atoms with Crippen LogP contribution in [0.5, 0.6) is 0 Å². The minimum absolute atomic E-state index is 0.887. The van der Waals surface area contributed by atoms with E-state index >= 15 is 0 Å². The van der Waals surface area contributed by atoms with Gasteiger partial charge in [0, 0.05) is 47.3 Å². The Labute approximate surface area is 165 Å². The second-order valence-electron chi connectivity index (χ2n) is 7.04. The summed E-state index contributed by atoms with van der Waals surface area (Å²) in [6, 6.07) is 15.2. The maximum Gasteiger partial charge on any atom is 0.0991 e. The van der Waals surface area contributed by atoms with Crippen molar-refractivity contribution in [1.82, 2.24) is 19.7 Å². The van der Waals surface area contributed by atoms with Crippen LogP contribution in [0.3, 0.4) is 0 Å². The van der Waals surface area contributed by atoms with Crippen LogP contribution >= 0.6 is 0 Å². The highest BCUT2D eigenvalue weighted by Crippen LogP contribution is 2.34. The minimum Gasteiger partial charge on any atom is -0.342 e. The maximum absolute atomic E-state index is 4.36. The van der Waals surface area contributed by atoms with E-state index in [9.17, 15) is 0 Å². The Balaban J connectivity index is 1.73. The van der Waals surface area contributed by atoms with Crippen molar-refractivity contribution in [3.8, 4) is 16.8 Å². The number of hydrogen-bond donors (Lipinski definition) is 1. The molecule has 0 unspecified atom stereocenters. The Morgan fingerprint density at radius 2 is 1.82 bits per heavy atom. The number of rotatable bonds is 5. The zero-order valence-electron chi connectivity index (χ0n) is 16.8. The first-order chi connectivity index (χ1) is 13.6. The van der Waals surface area contributed by atoms with E-state index in [0.29, 0.717) is 0 Å². The molecule has 5 nitrogen and oxygen atoms in total. The maximum atomic E-state index is 4.36. The molecule has 4 aromatic rings. The van der Waals surface area contributed by atoms with Gasteiger partial charge in [0.25, 0.3) is 0 Å². The molecule has 28 heavy (non-hydrogen) atoms. The molecule has 0 bridgehead atoms. The molecule has 2 aromatic heterocycles. The van der Waals surface area contributed by atoms with Gasteiger partial charge in [0.15, 0.2) is 0 Å². The molecule has 0 amide bonds. The third kappa shape index (κ3) is 3.20. The van der Waals surface area contributed by atoms with E-state index < -0.39 is 0 Å².